The van der Waals surface area contributed by atoms with E-state index in [1.165, 1.54) is 0 Å². The molecule has 0 radical (unpaired) electrons. The zero-order valence-electron chi connectivity index (χ0n) is 12.6. The van der Waals surface area contributed by atoms with Crippen molar-refractivity contribution in [3.63, 3.8) is 0 Å². The van der Waals surface area contributed by atoms with Gasteiger partial charge < -0.3 is 10.4 Å². The van der Waals surface area contributed by atoms with Gasteiger partial charge in [-0.1, -0.05) is 18.2 Å². The minimum Gasteiger partial charge on any atom is -0.396 e. The molecule has 0 fully saturated rings. The van der Waals surface area contributed by atoms with Gasteiger partial charge in [-0.05, 0) is 24.3 Å². The lowest BCUT2D eigenvalue weighted by Crippen LogP contribution is -2.08. The van der Waals surface area contributed by atoms with Crippen LogP contribution in [0, 0.1) is 0 Å². The van der Waals surface area contributed by atoms with Crippen molar-refractivity contribution in [1.82, 2.24) is 15.0 Å². The molecule has 0 atom stereocenters. The van der Waals surface area contributed by atoms with Crippen LogP contribution in [-0.2, 0) is 0 Å². The van der Waals surface area contributed by atoms with Crippen molar-refractivity contribution in [3.05, 3.63) is 48.7 Å². The van der Waals surface area contributed by atoms with Gasteiger partial charge in [-0.3, -0.25) is 4.98 Å². The maximum atomic E-state index is 8.82. The lowest BCUT2D eigenvalue weighted by atomic mass is 10.2. The molecule has 23 heavy (non-hydrogen) atoms. The van der Waals surface area contributed by atoms with Crippen LogP contribution in [0.1, 0.15) is 0 Å². The number of aliphatic hydroxyl groups excluding tert-OH is 1. The van der Waals surface area contributed by atoms with Crippen molar-refractivity contribution >= 4 is 28.5 Å². The summed E-state index contributed by atoms with van der Waals surface area (Å²) >= 11 is 1.71. The molecule has 118 valence electrons. The quantitative estimate of drug-likeness (QED) is 0.651. The van der Waals surface area contributed by atoms with Crippen LogP contribution < -0.4 is 5.32 Å². The first kappa shape index (κ1) is 15.7. The molecule has 0 bridgehead atoms. The van der Waals surface area contributed by atoms with Gasteiger partial charge in [0.1, 0.15) is 11.5 Å². The second-order valence-electron chi connectivity index (χ2n) is 4.89. The fourth-order valence-electron chi connectivity index (χ4n) is 2.23. The highest BCUT2D eigenvalue weighted by molar-refractivity contribution is 7.99. The zero-order chi connectivity index (χ0) is 15.9. The van der Waals surface area contributed by atoms with Gasteiger partial charge in [-0.15, -0.1) is 0 Å². The summed E-state index contributed by atoms with van der Waals surface area (Å²) in [4.78, 5) is 13.6. The molecule has 5 nitrogen and oxygen atoms in total. The second-order valence-corrected chi connectivity index (χ2v) is 6.12. The van der Waals surface area contributed by atoms with Gasteiger partial charge in [0, 0.05) is 29.6 Å². The minimum atomic E-state index is 0.213. The molecule has 3 aromatic rings. The SMILES string of the molecule is OCCSCCNc1nc(-c2ccccn2)nc2ccccc12. The highest BCUT2D eigenvalue weighted by atomic mass is 32.2. The van der Waals surface area contributed by atoms with Gasteiger partial charge >= 0.3 is 0 Å². The molecular weight excluding hydrogens is 308 g/mol. The first-order valence-corrected chi connectivity index (χ1v) is 8.64. The van der Waals surface area contributed by atoms with Crippen molar-refractivity contribution in [3.8, 4) is 11.5 Å². The summed E-state index contributed by atoms with van der Waals surface area (Å²) in [5.41, 5.74) is 1.66. The molecule has 0 unspecified atom stereocenters. The van der Waals surface area contributed by atoms with E-state index in [1.807, 2.05) is 42.5 Å². The normalized spacial score (nSPS) is 10.8. The van der Waals surface area contributed by atoms with Crippen LogP contribution in [0.25, 0.3) is 22.4 Å². The maximum Gasteiger partial charge on any atom is 0.180 e. The molecule has 0 aliphatic heterocycles. The van der Waals surface area contributed by atoms with Gasteiger partial charge in [-0.2, -0.15) is 11.8 Å². The van der Waals surface area contributed by atoms with E-state index in [0.717, 1.165) is 40.5 Å². The Balaban J connectivity index is 1.88. The summed E-state index contributed by atoms with van der Waals surface area (Å²) in [6.45, 7) is 0.998. The summed E-state index contributed by atoms with van der Waals surface area (Å²) in [7, 11) is 0. The highest BCUT2D eigenvalue weighted by Crippen LogP contribution is 2.23. The fourth-order valence-corrected chi connectivity index (χ4v) is 2.81. The van der Waals surface area contributed by atoms with Crippen LogP contribution in [-0.4, -0.2) is 44.7 Å². The predicted octanol–water partition coefficient (Wildman–Crippen LogP) is 2.83. The van der Waals surface area contributed by atoms with E-state index in [9.17, 15) is 0 Å². The molecule has 2 heterocycles. The van der Waals surface area contributed by atoms with E-state index < -0.39 is 0 Å². The zero-order valence-corrected chi connectivity index (χ0v) is 13.5. The van der Waals surface area contributed by atoms with Crippen LogP contribution in [0.3, 0.4) is 0 Å². The van der Waals surface area contributed by atoms with E-state index in [0.29, 0.717) is 5.82 Å². The molecule has 2 N–H and O–H groups in total. The van der Waals surface area contributed by atoms with Gasteiger partial charge in [0.05, 0.1) is 12.1 Å². The predicted molar refractivity (Wildman–Crippen MR) is 95.7 cm³/mol. The monoisotopic (exact) mass is 326 g/mol. The van der Waals surface area contributed by atoms with E-state index in [-0.39, 0.29) is 6.61 Å². The van der Waals surface area contributed by atoms with Crippen LogP contribution in [0.5, 0.6) is 0 Å². The number of thioether (sulfide) groups is 1. The average Bonchev–Trinajstić information content (AvgIpc) is 2.62. The average molecular weight is 326 g/mol. The lowest BCUT2D eigenvalue weighted by Gasteiger charge is -2.10. The van der Waals surface area contributed by atoms with Crippen LogP contribution in [0.15, 0.2) is 48.7 Å². The molecule has 1 aromatic carbocycles. The molecule has 6 heteroatoms. The standard InChI is InChI=1S/C17H18N4OS/c22-10-12-23-11-9-19-16-13-5-1-2-6-14(13)20-17(21-16)15-7-3-4-8-18-15/h1-8,22H,9-12H2,(H,19,20,21). The maximum absolute atomic E-state index is 8.82. The second kappa shape index (κ2) is 7.89. The van der Waals surface area contributed by atoms with E-state index in [2.05, 4.69) is 20.3 Å². The molecule has 3 rings (SSSR count). The number of aromatic nitrogens is 3. The number of rotatable bonds is 7. The smallest absolute Gasteiger partial charge is 0.180 e. The molecule has 0 spiro atoms. The number of pyridine rings is 1. The number of aliphatic hydroxyl groups is 1. The summed E-state index contributed by atoms with van der Waals surface area (Å²) in [6.07, 6.45) is 1.74. The minimum absolute atomic E-state index is 0.213. The third-order valence-corrected chi connectivity index (χ3v) is 4.24. The van der Waals surface area contributed by atoms with Crippen molar-refractivity contribution in [2.75, 3.05) is 30.0 Å². The molecular formula is C17H18N4OS. The number of anilines is 1. The first-order valence-electron chi connectivity index (χ1n) is 7.49. The number of nitrogens with zero attached hydrogens (tertiary/aromatic N) is 3. The Hall–Kier alpha value is -2.18. The Kier molecular flexibility index (Phi) is 5.39. The van der Waals surface area contributed by atoms with E-state index >= 15 is 0 Å². The van der Waals surface area contributed by atoms with Gasteiger partial charge in [0.2, 0.25) is 0 Å². The molecule has 0 saturated carbocycles. The Morgan fingerprint density at radius 3 is 2.70 bits per heavy atom. The Bertz CT molecular complexity index is 767. The molecule has 0 amide bonds. The van der Waals surface area contributed by atoms with Crippen LogP contribution >= 0.6 is 11.8 Å². The molecule has 0 aliphatic rings. The summed E-state index contributed by atoms with van der Waals surface area (Å²) in [6, 6.07) is 13.7. The summed E-state index contributed by atoms with van der Waals surface area (Å²) in [5.74, 6) is 3.11. The molecule has 0 aliphatic carbocycles. The van der Waals surface area contributed by atoms with E-state index in [1.54, 1.807) is 18.0 Å². The number of fused-ring (bicyclic) bond motifs is 1. The number of para-hydroxylation sites is 1. The van der Waals surface area contributed by atoms with Crippen LogP contribution in [0.4, 0.5) is 5.82 Å². The number of hydrogen-bond acceptors (Lipinski definition) is 6. The third-order valence-electron chi connectivity index (χ3n) is 3.27. The first-order chi connectivity index (χ1) is 11.4. The van der Waals surface area contributed by atoms with Crippen molar-refractivity contribution in [2.45, 2.75) is 0 Å². The summed E-state index contributed by atoms with van der Waals surface area (Å²) < 4.78 is 0. The lowest BCUT2D eigenvalue weighted by molar-refractivity contribution is 0.322. The van der Waals surface area contributed by atoms with Crippen molar-refractivity contribution < 1.29 is 5.11 Å². The fraction of sp³-hybridized carbons (Fsp3) is 0.235. The van der Waals surface area contributed by atoms with Crippen molar-refractivity contribution in [1.29, 1.82) is 0 Å². The number of benzene rings is 1. The van der Waals surface area contributed by atoms with Gasteiger partial charge in [0.25, 0.3) is 0 Å². The van der Waals surface area contributed by atoms with Crippen molar-refractivity contribution in [2.24, 2.45) is 0 Å². The Morgan fingerprint density at radius 2 is 1.87 bits per heavy atom. The van der Waals surface area contributed by atoms with Crippen LogP contribution in [0.2, 0.25) is 0 Å². The summed E-state index contributed by atoms with van der Waals surface area (Å²) in [5, 5.41) is 13.2. The van der Waals surface area contributed by atoms with Gasteiger partial charge in [-0.25, -0.2) is 9.97 Å². The van der Waals surface area contributed by atoms with E-state index in [4.69, 9.17) is 5.11 Å². The Labute approximate surface area is 139 Å². The largest absolute Gasteiger partial charge is 0.396 e. The molecule has 2 aromatic heterocycles. The Morgan fingerprint density at radius 1 is 1.00 bits per heavy atom. The number of nitrogens with one attached hydrogen (secondary N) is 1. The number of hydrogen-bond donors (Lipinski definition) is 2. The van der Waals surface area contributed by atoms with Gasteiger partial charge in [0.15, 0.2) is 5.82 Å². The topological polar surface area (TPSA) is 70.9 Å². The third kappa shape index (κ3) is 3.97. The molecule has 0 saturated heterocycles. The highest BCUT2D eigenvalue weighted by Gasteiger charge is 2.09.